The maximum absolute atomic E-state index is 6.23. The Morgan fingerprint density at radius 2 is 2.28 bits per heavy atom. The topological polar surface area (TPSA) is 42.1 Å². The van der Waals surface area contributed by atoms with Crippen molar-refractivity contribution in [3.63, 3.8) is 0 Å². The molecule has 0 spiro atoms. The summed E-state index contributed by atoms with van der Waals surface area (Å²) in [6.45, 7) is 7.82. The fraction of sp³-hybridized carbons (Fsp3) is 0.643. The Morgan fingerprint density at radius 3 is 2.89 bits per heavy atom. The van der Waals surface area contributed by atoms with E-state index in [9.17, 15) is 0 Å². The number of nitrogens with zero attached hydrogens (tertiary/aromatic N) is 2. The number of hydrogen-bond acceptors (Lipinski definition) is 4. The quantitative estimate of drug-likeness (QED) is 0.910. The van der Waals surface area contributed by atoms with E-state index in [-0.39, 0.29) is 12.1 Å². The predicted molar refractivity (Wildman–Crippen MR) is 78.7 cm³/mol. The average Bonchev–Trinajstić information content (AvgIpc) is 2.36. The van der Waals surface area contributed by atoms with E-state index in [0.29, 0.717) is 11.3 Å². The van der Waals surface area contributed by atoms with E-state index in [0.717, 1.165) is 6.54 Å². The fourth-order valence-corrected chi connectivity index (χ4v) is 3.82. The molecule has 1 aliphatic heterocycles. The van der Waals surface area contributed by atoms with E-state index < -0.39 is 0 Å². The van der Waals surface area contributed by atoms with Crippen LogP contribution in [0.4, 0.5) is 0 Å². The summed E-state index contributed by atoms with van der Waals surface area (Å²) < 4.78 is 0. The largest absolute Gasteiger partial charge is 0.326 e. The van der Waals surface area contributed by atoms with Crippen LogP contribution in [0.1, 0.15) is 32.4 Å². The van der Waals surface area contributed by atoms with Crippen LogP contribution in [0.15, 0.2) is 24.5 Å². The third-order valence-corrected chi connectivity index (χ3v) is 5.15. The molecule has 1 fully saturated rings. The molecule has 0 amide bonds. The predicted octanol–water partition coefficient (Wildman–Crippen LogP) is 2.30. The van der Waals surface area contributed by atoms with Crippen molar-refractivity contribution >= 4 is 11.8 Å². The van der Waals surface area contributed by atoms with Crippen molar-refractivity contribution in [2.24, 2.45) is 5.73 Å². The van der Waals surface area contributed by atoms with Gasteiger partial charge in [-0.15, -0.1) is 0 Å². The van der Waals surface area contributed by atoms with Crippen molar-refractivity contribution in [1.82, 2.24) is 9.88 Å². The lowest BCUT2D eigenvalue weighted by Gasteiger charge is -2.44. The molecule has 1 saturated heterocycles. The third-order valence-electron chi connectivity index (χ3n) is 3.81. The van der Waals surface area contributed by atoms with E-state index in [1.54, 1.807) is 0 Å². The zero-order valence-electron chi connectivity index (χ0n) is 11.4. The van der Waals surface area contributed by atoms with E-state index in [1.165, 1.54) is 11.3 Å². The lowest BCUT2D eigenvalue weighted by Crippen LogP contribution is -2.50. The Hall–Kier alpha value is -0.580. The molecule has 4 heteroatoms. The van der Waals surface area contributed by atoms with Crippen LogP contribution < -0.4 is 5.73 Å². The summed E-state index contributed by atoms with van der Waals surface area (Å²) >= 11 is 2.06. The van der Waals surface area contributed by atoms with Gasteiger partial charge in [0.1, 0.15) is 0 Å². The van der Waals surface area contributed by atoms with Crippen LogP contribution >= 0.6 is 11.8 Å². The molecular weight excluding hydrogens is 242 g/mol. The van der Waals surface area contributed by atoms with Crippen LogP contribution in [-0.2, 0) is 0 Å². The van der Waals surface area contributed by atoms with Gasteiger partial charge < -0.3 is 5.73 Å². The van der Waals surface area contributed by atoms with Gasteiger partial charge in [-0.05, 0) is 25.5 Å². The zero-order valence-corrected chi connectivity index (χ0v) is 12.2. The molecule has 1 aliphatic rings. The molecule has 1 aromatic heterocycles. The fourth-order valence-electron chi connectivity index (χ4n) is 2.70. The second-order valence-corrected chi connectivity index (χ2v) is 6.63. The van der Waals surface area contributed by atoms with E-state index >= 15 is 0 Å². The van der Waals surface area contributed by atoms with Gasteiger partial charge in [0, 0.05) is 42.0 Å². The Labute approximate surface area is 114 Å². The molecule has 3 nitrogen and oxygen atoms in total. The average molecular weight is 265 g/mol. The SMILES string of the molecule is CC(N)C(c1cccnc1)N1CCSC(C)C1C. The summed E-state index contributed by atoms with van der Waals surface area (Å²) in [5.74, 6) is 1.19. The number of thioether (sulfide) groups is 1. The van der Waals surface area contributed by atoms with Gasteiger partial charge in [-0.3, -0.25) is 9.88 Å². The van der Waals surface area contributed by atoms with Crippen LogP contribution in [0, 0.1) is 0 Å². The summed E-state index contributed by atoms with van der Waals surface area (Å²) in [5.41, 5.74) is 7.47. The summed E-state index contributed by atoms with van der Waals surface area (Å²) in [6, 6.07) is 5.08. The number of hydrogen-bond donors (Lipinski definition) is 1. The minimum Gasteiger partial charge on any atom is -0.326 e. The Balaban J connectivity index is 2.25. The van der Waals surface area contributed by atoms with Crippen molar-refractivity contribution in [2.75, 3.05) is 12.3 Å². The minimum absolute atomic E-state index is 0.118. The molecule has 0 aromatic carbocycles. The first-order valence-corrected chi connectivity index (χ1v) is 7.69. The smallest absolute Gasteiger partial charge is 0.0515 e. The monoisotopic (exact) mass is 265 g/mol. The molecule has 2 heterocycles. The molecule has 0 radical (unpaired) electrons. The summed E-state index contributed by atoms with van der Waals surface area (Å²) in [5, 5.41) is 0.664. The molecular formula is C14H23N3S. The number of rotatable bonds is 3. The molecule has 1 aromatic rings. The minimum atomic E-state index is 0.118. The highest BCUT2D eigenvalue weighted by Gasteiger charge is 2.33. The Morgan fingerprint density at radius 1 is 1.50 bits per heavy atom. The lowest BCUT2D eigenvalue weighted by molar-refractivity contribution is 0.130. The second-order valence-electron chi connectivity index (χ2n) is 5.14. The van der Waals surface area contributed by atoms with Gasteiger partial charge in [-0.1, -0.05) is 13.0 Å². The van der Waals surface area contributed by atoms with Crippen molar-refractivity contribution in [1.29, 1.82) is 0 Å². The number of nitrogens with two attached hydrogens (primary N) is 1. The standard InChI is InChI=1S/C14H23N3S/c1-10(15)14(13-5-4-6-16-9-13)17-7-8-18-12(3)11(17)2/h4-6,9-12,14H,7-8,15H2,1-3H3. The number of pyridine rings is 1. The molecule has 18 heavy (non-hydrogen) atoms. The highest BCUT2D eigenvalue weighted by atomic mass is 32.2. The Bertz CT molecular complexity index is 369. The van der Waals surface area contributed by atoms with Gasteiger partial charge >= 0.3 is 0 Å². The summed E-state index contributed by atoms with van der Waals surface area (Å²) in [4.78, 5) is 6.78. The third kappa shape index (κ3) is 2.87. The van der Waals surface area contributed by atoms with Gasteiger partial charge in [0.25, 0.3) is 0 Å². The molecule has 2 N–H and O–H groups in total. The zero-order chi connectivity index (χ0) is 13.1. The van der Waals surface area contributed by atoms with Crippen LogP contribution in [0.5, 0.6) is 0 Å². The van der Waals surface area contributed by atoms with Crippen LogP contribution in [-0.4, -0.2) is 39.5 Å². The molecule has 4 unspecified atom stereocenters. The van der Waals surface area contributed by atoms with Crippen molar-refractivity contribution in [3.8, 4) is 0 Å². The maximum Gasteiger partial charge on any atom is 0.0515 e. The Kier molecular flexibility index (Phi) is 4.65. The molecule has 0 saturated carbocycles. The first-order valence-electron chi connectivity index (χ1n) is 6.64. The van der Waals surface area contributed by atoms with Gasteiger partial charge in [-0.25, -0.2) is 0 Å². The molecule has 100 valence electrons. The van der Waals surface area contributed by atoms with Crippen molar-refractivity contribution in [2.45, 2.75) is 44.1 Å². The van der Waals surface area contributed by atoms with Crippen LogP contribution in [0.25, 0.3) is 0 Å². The normalized spacial score (nSPS) is 28.9. The van der Waals surface area contributed by atoms with Crippen LogP contribution in [0.3, 0.4) is 0 Å². The van der Waals surface area contributed by atoms with Crippen molar-refractivity contribution < 1.29 is 0 Å². The highest BCUT2D eigenvalue weighted by molar-refractivity contribution is 8.00. The summed E-state index contributed by atoms with van der Waals surface area (Å²) in [7, 11) is 0. The first-order chi connectivity index (χ1) is 8.61. The summed E-state index contributed by atoms with van der Waals surface area (Å²) in [6.07, 6.45) is 3.77. The number of aromatic nitrogens is 1. The van der Waals surface area contributed by atoms with E-state index in [1.807, 2.05) is 18.5 Å². The van der Waals surface area contributed by atoms with Crippen molar-refractivity contribution in [3.05, 3.63) is 30.1 Å². The van der Waals surface area contributed by atoms with E-state index in [4.69, 9.17) is 5.73 Å². The van der Waals surface area contributed by atoms with E-state index in [2.05, 4.69) is 48.5 Å². The lowest BCUT2D eigenvalue weighted by atomic mass is 9.98. The molecule has 2 rings (SSSR count). The van der Waals surface area contributed by atoms with Gasteiger partial charge in [-0.2, -0.15) is 11.8 Å². The maximum atomic E-state index is 6.23. The van der Waals surface area contributed by atoms with Crippen LogP contribution in [0.2, 0.25) is 0 Å². The molecule has 0 aliphatic carbocycles. The molecule has 0 bridgehead atoms. The van der Waals surface area contributed by atoms with Gasteiger partial charge in [0.2, 0.25) is 0 Å². The first kappa shape index (κ1) is 13.8. The van der Waals surface area contributed by atoms with Gasteiger partial charge in [0.05, 0.1) is 6.04 Å². The van der Waals surface area contributed by atoms with Gasteiger partial charge in [0.15, 0.2) is 0 Å². The highest BCUT2D eigenvalue weighted by Crippen LogP contribution is 2.32. The molecule has 4 atom stereocenters. The second kappa shape index (κ2) is 6.04.